The van der Waals surface area contributed by atoms with Crippen LogP contribution in [0, 0.1) is 17.7 Å². The zero-order chi connectivity index (χ0) is 19.9. The Bertz CT molecular complexity index is 809. The molecular weight excluding hydrogens is 369 g/mol. The van der Waals surface area contributed by atoms with Crippen LogP contribution in [0.2, 0.25) is 0 Å². The largest absolute Gasteiger partial charge is 0.493 e. The van der Waals surface area contributed by atoms with Crippen LogP contribution in [0.3, 0.4) is 0 Å². The number of hydrogen-bond donors (Lipinski definition) is 1. The second-order valence-electron chi connectivity index (χ2n) is 10.7. The number of rotatable bonds is 5. The summed E-state index contributed by atoms with van der Waals surface area (Å²) < 4.78 is 20.6. The summed E-state index contributed by atoms with van der Waals surface area (Å²) in [5, 5.41) is 19.8. The molecule has 0 amide bonds. The van der Waals surface area contributed by atoms with Crippen LogP contribution in [0.25, 0.3) is 0 Å². The molecule has 3 saturated carbocycles. The molecule has 3 aliphatic heterocycles. The Kier molecular flexibility index (Phi) is 4.11. The van der Waals surface area contributed by atoms with E-state index in [0.29, 0.717) is 30.5 Å². The van der Waals surface area contributed by atoms with Gasteiger partial charge in [-0.3, -0.25) is 0 Å². The first-order valence-electron chi connectivity index (χ1n) is 11.6. The van der Waals surface area contributed by atoms with Gasteiger partial charge in [0.15, 0.2) is 0 Å². The van der Waals surface area contributed by atoms with Gasteiger partial charge >= 0.3 is 0 Å². The minimum absolute atomic E-state index is 0.0746. The van der Waals surface area contributed by atoms with Gasteiger partial charge in [0.25, 0.3) is 0 Å². The minimum atomic E-state index is -0.465. The number of aliphatic hydroxyl groups is 1. The molecule has 5 atom stereocenters. The van der Waals surface area contributed by atoms with E-state index in [1.54, 1.807) is 12.1 Å². The summed E-state index contributed by atoms with van der Waals surface area (Å²) in [6.45, 7) is 2.83. The average Bonchev–Trinajstić information content (AvgIpc) is 3.37. The van der Waals surface area contributed by atoms with E-state index in [2.05, 4.69) is 11.8 Å². The zero-order valence-corrected chi connectivity index (χ0v) is 17.2. The normalized spacial score (nSPS) is 40.0. The topological polar surface area (TPSA) is 55.6 Å². The van der Waals surface area contributed by atoms with Gasteiger partial charge in [-0.05, 0) is 80.4 Å². The van der Waals surface area contributed by atoms with Gasteiger partial charge in [-0.25, -0.2) is 9.29 Å². The smallest absolute Gasteiger partial charge is 0.213 e. The molecule has 4 nitrogen and oxygen atoms in total. The van der Waals surface area contributed by atoms with Gasteiger partial charge in [-0.1, -0.05) is 6.92 Å². The van der Waals surface area contributed by atoms with Crippen LogP contribution >= 0.6 is 0 Å². The molecule has 3 heterocycles. The molecule has 5 unspecified atom stereocenters. The summed E-state index contributed by atoms with van der Waals surface area (Å²) in [4.78, 5) is 2.42. The van der Waals surface area contributed by atoms with E-state index in [-0.39, 0.29) is 23.9 Å². The van der Waals surface area contributed by atoms with Gasteiger partial charge in [0.05, 0.1) is 12.2 Å². The number of hydrogen-bond acceptors (Lipinski definition) is 3. The molecule has 2 saturated heterocycles. The lowest BCUT2D eigenvalue weighted by Crippen LogP contribution is -2.66. The van der Waals surface area contributed by atoms with E-state index < -0.39 is 5.60 Å². The van der Waals surface area contributed by atoms with Crippen LogP contribution in [-0.4, -0.2) is 45.6 Å². The predicted molar refractivity (Wildman–Crippen MR) is 109 cm³/mol. The molecule has 0 aromatic heterocycles. The number of ether oxygens (including phenoxy) is 1. The van der Waals surface area contributed by atoms with E-state index in [0.717, 1.165) is 68.2 Å². The van der Waals surface area contributed by atoms with Gasteiger partial charge in [-0.2, -0.15) is 0 Å². The first-order chi connectivity index (χ1) is 13.9. The van der Waals surface area contributed by atoms with E-state index in [4.69, 9.17) is 9.84 Å². The third-order valence-corrected chi connectivity index (χ3v) is 8.56. The summed E-state index contributed by atoms with van der Waals surface area (Å²) >= 11 is 0. The molecule has 1 aromatic carbocycles. The highest BCUT2D eigenvalue weighted by atomic mass is 19.1. The highest BCUT2D eigenvalue weighted by Gasteiger charge is 2.56. The van der Waals surface area contributed by atoms with Crippen LogP contribution in [0.1, 0.15) is 81.3 Å². The molecule has 5 heteroatoms. The fourth-order valence-electron chi connectivity index (χ4n) is 7.36. The van der Waals surface area contributed by atoms with Gasteiger partial charge in [0.2, 0.25) is 6.23 Å². The summed E-state index contributed by atoms with van der Waals surface area (Å²) in [6, 6.07) is 4.10. The van der Waals surface area contributed by atoms with Crippen molar-refractivity contribution in [2.45, 2.75) is 94.0 Å². The zero-order valence-electron chi connectivity index (χ0n) is 17.2. The number of piperidine rings is 2. The standard InChI is InChI=1S/C24H32FNO3/c1-13(18-12-29-20-5-4-19(25)22(23(18)20)15-2-3-15)6-21(27)26-16-7-14-8-17(26)11-24(28,9-14)10-16/h4-5,13-18,21,27-28H,2-3,6-12H2,1H3/p+1. The Hall–Kier alpha value is -1.17. The van der Waals surface area contributed by atoms with E-state index in [9.17, 15) is 9.50 Å². The first-order valence-corrected chi connectivity index (χ1v) is 11.6. The van der Waals surface area contributed by atoms with Crippen LogP contribution in [-0.2, 0) is 0 Å². The molecule has 158 valence electrons. The summed E-state index contributed by atoms with van der Waals surface area (Å²) in [5.74, 6) is 2.27. The molecular formula is C24H33FNO3+. The van der Waals surface area contributed by atoms with Crippen molar-refractivity contribution >= 4 is 0 Å². The molecule has 5 fully saturated rings. The van der Waals surface area contributed by atoms with Crippen molar-refractivity contribution in [3.05, 3.63) is 29.1 Å². The monoisotopic (exact) mass is 402 g/mol. The third-order valence-electron chi connectivity index (χ3n) is 8.56. The van der Waals surface area contributed by atoms with Gasteiger partial charge < -0.3 is 14.9 Å². The quantitative estimate of drug-likeness (QED) is 0.765. The Morgan fingerprint density at radius 1 is 1.21 bits per heavy atom. The molecule has 7 rings (SSSR count). The Morgan fingerprint density at radius 2 is 1.93 bits per heavy atom. The van der Waals surface area contributed by atoms with Crippen molar-refractivity contribution in [3.8, 4) is 5.75 Å². The fourth-order valence-corrected chi connectivity index (χ4v) is 7.36. The lowest BCUT2D eigenvalue weighted by molar-refractivity contribution is -0.200. The minimum Gasteiger partial charge on any atom is -0.493 e. The first kappa shape index (κ1) is 18.6. The lowest BCUT2D eigenvalue weighted by atomic mass is 9.61. The number of nitrogens with zero attached hydrogens (tertiary/aromatic N) is 1. The highest BCUT2D eigenvalue weighted by molar-refractivity contribution is 5.49. The maximum absolute atomic E-state index is 14.6. The summed E-state index contributed by atoms with van der Waals surface area (Å²) in [7, 11) is 0. The van der Waals surface area contributed by atoms with E-state index in [1.165, 1.54) is 0 Å². The summed E-state index contributed by atoms with van der Waals surface area (Å²) in [5.41, 5.74) is 1.53. The SMILES string of the molecule is CC(CC([OH2+])N1C2CC3CC1CC(O)(C3)C2)C1COc2ccc(F)c(C3CC3)c21. The van der Waals surface area contributed by atoms with Crippen molar-refractivity contribution in [2.24, 2.45) is 11.8 Å². The lowest BCUT2D eigenvalue weighted by Gasteiger charge is -2.59. The van der Waals surface area contributed by atoms with Crippen molar-refractivity contribution in [1.29, 1.82) is 0 Å². The Balaban J connectivity index is 1.21. The molecule has 0 spiro atoms. The third kappa shape index (κ3) is 2.95. The van der Waals surface area contributed by atoms with Crippen molar-refractivity contribution < 1.29 is 19.3 Å². The average molecular weight is 403 g/mol. The van der Waals surface area contributed by atoms with Crippen LogP contribution in [0.4, 0.5) is 4.39 Å². The number of fused-ring (bicyclic) bond motifs is 1. The molecule has 1 aromatic rings. The predicted octanol–water partition coefficient (Wildman–Crippen LogP) is 3.63. The summed E-state index contributed by atoms with van der Waals surface area (Å²) in [6.07, 6.45) is 7.65. The second-order valence-corrected chi connectivity index (χ2v) is 10.7. The maximum Gasteiger partial charge on any atom is 0.213 e. The molecule has 3 N–H and O–H groups in total. The molecule has 6 aliphatic rings. The number of halogens is 1. The Labute approximate surface area is 172 Å². The Morgan fingerprint density at radius 3 is 2.59 bits per heavy atom. The van der Waals surface area contributed by atoms with E-state index in [1.807, 2.05) is 0 Å². The van der Waals surface area contributed by atoms with Crippen molar-refractivity contribution in [3.63, 3.8) is 0 Å². The van der Waals surface area contributed by atoms with Gasteiger partial charge in [0.1, 0.15) is 11.6 Å². The molecule has 29 heavy (non-hydrogen) atoms. The van der Waals surface area contributed by atoms with Crippen molar-refractivity contribution in [2.75, 3.05) is 6.61 Å². The molecule has 0 radical (unpaired) electrons. The van der Waals surface area contributed by atoms with Crippen molar-refractivity contribution in [1.82, 2.24) is 4.90 Å². The van der Waals surface area contributed by atoms with Crippen LogP contribution < -0.4 is 4.74 Å². The maximum atomic E-state index is 14.6. The van der Waals surface area contributed by atoms with Gasteiger partial charge in [0, 0.05) is 30.0 Å². The highest BCUT2D eigenvalue weighted by Crippen LogP contribution is 2.53. The molecule has 4 bridgehead atoms. The van der Waals surface area contributed by atoms with E-state index >= 15 is 0 Å². The molecule has 3 aliphatic carbocycles. The van der Waals surface area contributed by atoms with Gasteiger partial charge in [-0.15, -0.1) is 0 Å². The van der Waals surface area contributed by atoms with Crippen LogP contribution in [0.15, 0.2) is 12.1 Å². The fraction of sp³-hybridized carbons (Fsp3) is 0.750. The second kappa shape index (κ2) is 6.41. The number of benzene rings is 1. The van der Waals surface area contributed by atoms with Crippen LogP contribution in [0.5, 0.6) is 5.75 Å².